The number of halogens is 2. The second kappa shape index (κ2) is 7.53. The van der Waals surface area contributed by atoms with Crippen molar-refractivity contribution < 1.29 is 23.4 Å². The van der Waals surface area contributed by atoms with Gasteiger partial charge in [0.25, 0.3) is 0 Å². The lowest BCUT2D eigenvalue weighted by Gasteiger charge is -2.59. The zero-order valence-corrected chi connectivity index (χ0v) is 19.8. The Balaban J connectivity index is 1.54. The van der Waals surface area contributed by atoms with Gasteiger partial charge >= 0.3 is 11.9 Å². The van der Waals surface area contributed by atoms with Gasteiger partial charge in [-0.25, -0.2) is 4.79 Å². The minimum absolute atomic E-state index is 0.0641. The fourth-order valence-corrected chi connectivity index (χ4v) is 8.56. The minimum Gasteiger partial charge on any atom is -0.465 e. The molecule has 0 aromatic carbocycles. The molecule has 4 rings (SSSR count). The van der Waals surface area contributed by atoms with Crippen LogP contribution < -0.4 is 0 Å². The maximum absolute atomic E-state index is 14.3. The van der Waals surface area contributed by atoms with E-state index in [1.54, 1.807) is 0 Å². The van der Waals surface area contributed by atoms with Crippen LogP contribution in [0.3, 0.4) is 0 Å². The summed E-state index contributed by atoms with van der Waals surface area (Å²) in [5, 5.41) is 10.6. The molecule has 0 heterocycles. The zero-order valence-electron chi connectivity index (χ0n) is 19.8. The summed E-state index contributed by atoms with van der Waals surface area (Å²) >= 11 is 0. The summed E-state index contributed by atoms with van der Waals surface area (Å²) in [6.45, 7) is 8.63. The number of alkyl halides is 2. The van der Waals surface area contributed by atoms with Crippen LogP contribution >= 0.6 is 0 Å². The van der Waals surface area contributed by atoms with Gasteiger partial charge in [0.1, 0.15) is 0 Å². The van der Waals surface area contributed by atoms with Gasteiger partial charge in [-0.05, 0) is 98.7 Å². The highest BCUT2D eigenvalue weighted by molar-refractivity contribution is 5.77. The van der Waals surface area contributed by atoms with E-state index in [-0.39, 0.29) is 22.7 Å². The van der Waals surface area contributed by atoms with E-state index < -0.39 is 23.9 Å². The molecule has 4 aliphatic rings. The molecule has 5 heteroatoms. The molecular formula is C26H40F2O3. The molecule has 0 saturated heterocycles. The van der Waals surface area contributed by atoms with Gasteiger partial charge in [-0.1, -0.05) is 32.4 Å². The molecule has 0 bridgehead atoms. The van der Waals surface area contributed by atoms with Crippen molar-refractivity contribution in [1.82, 2.24) is 0 Å². The van der Waals surface area contributed by atoms with Crippen molar-refractivity contribution in [2.45, 2.75) is 97.0 Å². The first kappa shape index (κ1) is 23.2. The molecule has 3 saturated carbocycles. The van der Waals surface area contributed by atoms with Gasteiger partial charge in [0, 0.05) is 6.42 Å². The summed E-state index contributed by atoms with van der Waals surface area (Å²) in [5.74, 6) is -3.01. The summed E-state index contributed by atoms with van der Waals surface area (Å²) in [6.07, 6.45) is 10.1. The van der Waals surface area contributed by atoms with Crippen LogP contribution in [0, 0.1) is 40.4 Å². The van der Waals surface area contributed by atoms with Crippen molar-refractivity contribution in [3.63, 3.8) is 0 Å². The van der Waals surface area contributed by atoms with Crippen molar-refractivity contribution in [1.29, 1.82) is 0 Å². The standard InChI is InChI=1S/C26H40F2O3/c1-16(14-26(27,28)22(29)31-5)19-8-9-20-18-7-6-17-15-23(2,30)12-13-24(17,3)21(18)10-11-25(19,20)4/h6,16,18-21,30H,7-15H2,1-5H3/t16-,18+,19-,20+,21+,23+,24+,25-/m1/s1. The van der Waals surface area contributed by atoms with E-state index in [0.29, 0.717) is 17.8 Å². The Morgan fingerprint density at radius 3 is 2.58 bits per heavy atom. The molecule has 4 aliphatic carbocycles. The van der Waals surface area contributed by atoms with Crippen LogP contribution in [-0.4, -0.2) is 29.7 Å². The van der Waals surface area contributed by atoms with Gasteiger partial charge in [-0.3, -0.25) is 0 Å². The lowest BCUT2D eigenvalue weighted by Crippen LogP contribution is -2.52. The second-order valence-electron chi connectivity index (χ2n) is 12.0. The van der Waals surface area contributed by atoms with Crippen LogP contribution in [0.15, 0.2) is 11.6 Å². The molecule has 0 amide bonds. The highest BCUT2D eigenvalue weighted by Gasteiger charge is 2.60. The second-order valence-corrected chi connectivity index (χ2v) is 12.0. The summed E-state index contributed by atoms with van der Waals surface area (Å²) in [6, 6.07) is 0. The molecule has 31 heavy (non-hydrogen) atoms. The number of esters is 1. The monoisotopic (exact) mass is 438 g/mol. The van der Waals surface area contributed by atoms with Crippen molar-refractivity contribution >= 4 is 5.97 Å². The number of hydrogen-bond acceptors (Lipinski definition) is 3. The number of rotatable bonds is 4. The Hall–Kier alpha value is -0.970. The number of carbonyl (C=O) groups is 1. The number of allylic oxidation sites excluding steroid dienone is 1. The summed E-state index contributed by atoms with van der Waals surface area (Å²) < 4.78 is 33.0. The quantitative estimate of drug-likeness (QED) is 0.423. The van der Waals surface area contributed by atoms with E-state index in [1.807, 2.05) is 13.8 Å². The lowest BCUT2D eigenvalue weighted by atomic mass is 9.46. The third-order valence-electron chi connectivity index (χ3n) is 10.2. The number of ether oxygens (including phenoxy) is 1. The minimum atomic E-state index is -3.41. The molecule has 0 unspecified atom stereocenters. The molecule has 1 N–H and O–H groups in total. The zero-order chi connectivity index (χ0) is 22.8. The smallest absolute Gasteiger partial charge is 0.376 e. The van der Waals surface area contributed by atoms with Gasteiger partial charge in [-0.15, -0.1) is 0 Å². The predicted octanol–water partition coefficient (Wildman–Crippen LogP) is 6.15. The Morgan fingerprint density at radius 2 is 1.90 bits per heavy atom. The molecule has 0 aromatic heterocycles. The Labute approximate surface area is 186 Å². The molecule has 8 atom stereocenters. The van der Waals surface area contributed by atoms with Gasteiger partial charge in [0.2, 0.25) is 0 Å². The highest BCUT2D eigenvalue weighted by Crippen LogP contribution is 2.67. The van der Waals surface area contributed by atoms with Gasteiger partial charge in [0.05, 0.1) is 12.7 Å². The topological polar surface area (TPSA) is 46.5 Å². The molecule has 176 valence electrons. The van der Waals surface area contributed by atoms with E-state index in [2.05, 4.69) is 24.7 Å². The van der Waals surface area contributed by atoms with Crippen LogP contribution in [0.5, 0.6) is 0 Å². The molecule has 0 aromatic rings. The molecule has 3 nitrogen and oxygen atoms in total. The Kier molecular flexibility index (Phi) is 5.64. The van der Waals surface area contributed by atoms with Crippen molar-refractivity contribution in [2.75, 3.05) is 7.11 Å². The molecule has 0 spiro atoms. The van der Waals surface area contributed by atoms with Gasteiger partial charge in [0.15, 0.2) is 0 Å². The van der Waals surface area contributed by atoms with E-state index in [1.165, 1.54) is 5.57 Å². The normalized spacial score (nSPS) is 45.7. The van der Waals surface area contributed by atoms with E-state index in [4.69, 9.17) is 0 Å². The predicted molar refractivity (Wildman–Crippen MR) is 117 cm³/mol. The van der Waals surface area contributed by atoms with E-state index in [9.17, 15) is 18.7 Å². The number of hydrogen-bond donors (Lipinski definition) is 1. The lowest BCUT2D eigenvalue weighted by molar-refractivity contribution is -0.172. The van der Waals surface area contributed by atoms with Crippen LogP contribution in [0.2, 0.25) is 0 Å². The number of fused-ring (bicyclic) bond motifs is 5. The fourth-order valence-electron chi connectivity index (χ4n) is 8.56. The maximum atomic E-state index is 14.3. The Morgan fingerprint density at radius 1 is 1.19 bits per heavy atom. The van der Waals surface area contributed by atoms with E-state index in [0.717, 1.165) is 58.5 Å². The van der Waals surface area contributed by atoms with Crippen molar-refractivity contribution in [3.05, 3.63) is 11.6 Å². The summed E-state index contributed by atoms with van der Waals surface area (Å²) in [7, 11) is 1.03. The fraction of sp³-hybridized carbons (Fsp3) is 0.885. The molecule has 0 aliphatic heterocycles. The molecular weight excluding hydrogens is 398 g/mol. The van der Waals surface area contributed by atoms with Crippen LogP contribution in [0.1, 0.15) is 85.5 Å². The number of carbonyl (C=O) groups excluding carboxylic acids is 1. The van der Waals surface area contributed by atoms with Gasteiger partial charge < -0.3 is 9.84 Å². The highest BCUT2D eigenvalue weighted by atomic mass is 19.3. The van der Waals surface area contributed by atoms with Gasteiger partial charge in [-0.2, -0.15) is 8.78 Å². The third-order valence-corrected chi connectivity index (χ3v) is 10.2. The number of aliphatic hydroxyl groups is 1. The largest absolute Gasteiger partial charge is 0.465 e. The molecule has 0 radical (unpaired) electrons. The SMILES string of the molecule is COC(=O)C(F)(F)C[C@@H](C)[C@H]1CC[C@H]2[C@@H]3CC=C4C[C@@](C)(O)CC[C@]4(C)[C@H]3CC[C@]12C. The average molecular weight is 439 g/mol. The first-order chi connectivity index (χ1) is 14.3. The molecule has 3 fully saturated rings. The summed E-state index contributed by atoms with van der Waals surface area (Å²) in [5.41, 5.74) is 1.11. The van der Waals surface area contributed by atoms with Crippen LogP contribution in [0.4, 0.5) is 8.78 Å². The number of methoxy groups -OCH3 is 1. The van der Waals surface area contributed by atoms with Crippen LogP contribution in [0.25, 0.3) is 0 Å². The van der Waals surface area contributed by atoms with Crippen molar-refractivity contribution in [3.8, 4) is 0 Å². The van der Waals surface area contributed by atoms with Crippen LogP contribution in [-0.2, 0) is 9.53 Å². The first-order valence-corrected chi connectivity index (χ1v) is 12.2. The Bertz CT molecular complexity index is 760. The third kappa shape index (κ3) is 3.67. The van der Waals surface area contributed by atoms with Crippen molar-refractivity contribution in [2.24, 2.45) is 40.4 Å². The van der Waals surface area contributed by atoms with E-state index >= 15 is 0 Å². The maximum Gasteiger partial charge on any atom is 0.376 e. The average Bonchev–Trinajstić information content (AvgIpc) is 3.04. The summed E-state index contributed by atoms with van der Waals surface area (Å²) in [4.78, 5) is 11.6. The first-order valence-electron chi connectivity index (χ1n) is 12.2.